The first-order valence-corrected chi connectivity index (χ1v) is 8.51. The fourth-order valence-corrected chi connectivity index (χ4v) is 2.02. The summed E-state index contributed by atoms with van der Waals surface area (Å²) < 4.78 is 14.3. The smallest absolute Gasteiger partial charge is 0.341 e. The van der Waals surface area contributed by atoms with Gasteiger partial charge in [0.05, 0.1) is 7.11 Å². The molecular weight excluding hydrogens is 351 g/mol. The van der Waals surface area contributed by atoms with Gasteiger partial charge in [-0.15, -0.1) is 0 Å². The van der Waals surface area contributed by atoms with E-state index < -0.39 is 13.6 Å². The summed E-state index contributed by atoms with van der Waals surface area (Å²) in [6.45, 7) is 0. The average Bonchev–Trinajstić information content (AvgIpc) is 2.59. The predicted molar refractivity (Wildman–Crippen MR) is 88.3 cm³/mol. The first kappa shape index (κ1) is 21.1. The molecule has 0 fully saturated rings. The largest absolute Gasteiger partial charge is 0.466 e. The molecule has 1 atom stereocenters. The Kier molecular flexibility index (Phi) is 8.08. The van der Waals surface area contributed by atoms with Crippen LogP contribution in [0.1, 0.15) is 15.9 Å². The van der Waals surface area contributed by atoms with Gasteiger partial charge in [0.15, 0.2) is 0 Å². The molecule has 0 saturated heterocycles. The van der Waals surface area contributed by atoms with Gasteiger partial charge in [0.1, 0.15) is 0 Å². The van der Waals surface area contributed by atoms with Crippen LogP contribution in [-0.2, 0) is 24.9 Å². The lowest BCUT2D eigenvalue weighted by molar-refractivity contribution is -0.397. The van der Waals surface area contributed by atoms with Crippen LogP contribution in [0.15, 0.2) is 60.7 Å². The lowest BCUT2D eigenvalue weighted by Crippen LogP contribution is -2.40. The molecule has 3 N–H and O–H groups in total. The first-order valence-electron chi connectivity index (χ1n) is 6.95. The highest BCUT2D eigenvalue weighted by molar-refractivity contribution is 7.45. The van der Waals surface area contributed by atoms with Crippen LogP contribution in [-0.4, -0.2) is 34.7 Å². The topological polar surface area (TPSA) is 123 Å². The van der Waals surface area contributed by atoms with Crippen molar-refractivity contribution in [1.29, 1.82) is 0 Å². The maximum Gasteiger partial charge on any atom is 0.466 e. The lowest BCUT2D eigenvalue weighted by Gasteiger charge is -2.29. The van der Waals surface area contributed by atoms with Gasteiger partial charge in [-0.2, -0.15) is 4.89 Å². The number of rotatable bonds is 6. The van der Waals surface area contributed by atoms with E-state index in [0.717, 1.165) is 0 Å². The molecule has 9 heteroatoms. The number of ether oxygens (including phenoxy) is 1. The molecule has 0 heterocycles. The molecule has 0 spiro atoms. The molecule has 8 nitrogen and oxygen atoms in total. The Morgan fingerprint density at radius 1 is 0.920 bits per heavy atom. The molecule has 0 aliphatic carbocycles. The molecule has 0 aliphatic rings. The van der Waals surface area contributed by atoms with Gasteiger partial charge in [-0.05, 0) is 0 Å². The van der Waals surface area contributed by atoms with Crippen LogP contribution in [0, 0.1) is 0 Å². The Balaban J connectivity index is 0.000000550. The lowest BCUT2D eigenvalue weighted by atomic mass is 9.96. The van der Waals surface area contributed by atoms with Crippen molar-refractivity contribution in [2.75, 3.05) is 14.2 Å². The van der Waals surface area contributed by atoms with E-state index in [0.29, 0.717) is 11.1 Å². The second-order valence-corrected chi connectivity index (χ2v) is 5.67. The van der Waals surface area contributed by atoms with Crippen LogP contribution in [0.5, 0.6) is 0 Å². The summed E-state index contributed by atoms with van der Waals surface area (Å²) in [5.41, 5.74) is 1.05. The minimum atomic E-state index is -4.64. The summed E-state index contributed by atoms with van der Waals surface area (Å²) in [6, 6.07) is 17.8. The maximum atomic E-state index is 12.8. The molecule has 0 bridgehead atoms. The van der Waals surface area contributed by atoms with Gasteiger partial charge in [0.2, 0.25) is 5.78 Å². The van der Waals surface area contributed by atoms with E-state index in [4.69, 9.17) is 33.8 Å². The molecule has 0 radical (unpaired) electrons. The van der Waals surface area contributed by atoms with Crippen LogP contribution >= 0.6 is 7.82 Å². The average molecular weight is 370 g/mol. The zero-order chi connectivity index (χ0) is 18.9. The summed E-state index contributed by atoms with van der Waals surface area (Å²) in [6.07, 6.45) is 0. The van der Waals surface area contributed by atoms with Gasteiger partial charge in [-0.25, -0.2) is 9.45 Å². The van der Waals surface area contributed by atoms with Gasteiger partial charge in [0.25, 0.3) is 5.79 Å². The summed E-state index contributed by atoms with van der Waals surface area (Å²) >= 11 is 0. The van der Waals surface area contributed by atoms with E-state index >= 15 is 0 Å². The van der Waals surface area contributed by atoms with Crippen LogP contribution in [0.3, 0.4) is 0 Å². The summed E-state index contributed by atoms with van der Waals surface area (Å²) in [5.74, 6) is -1.94. The molecule has 0 saturated carbocycles. The van der Waals surface area contributed by atoms with Crippen molar-refractivity contribution in [2.24, 2.45) is 0 Å². The molecule has 25 heavy (non-hydrogen) atoms. The minimum Gasteiger partial charge on any atom is -0.341 e. The third kappa shape index (κ3) is 6.49. The number of phosphoric acid groups is 1. The summed E-state index contributed by atoms with van der Waals surface area (Å²) in [5, 5.41) is 0. The van der Waals surface area contributed by atoms with E-state index in [1.165, 1.54) is 14.2 Å². The number of benzene rings is 2. The van der Waals surface area contributed by atoms with Gasteiger partial charge >= 0.3 is 7.82 Å². The molecule has 2 rings (SSSR count). The highest BCUT2D eigenvalue weighted by Gasteiger charge is 2.44. The second kappa shape index (κ2) is 9.55. The highest BCUT2D eigenvalue weighted by atomic mass is 31.2. The van der Waals surface area contributed by atoms with E-state index in [2.05, 4.69) is 0 Å². The quantitative estimate of drug-likeness (QED) is 0.232. The fourth-order valence-electron chi connectivity index (χ4n) is 2.02. The molecule has 0 aromatic heterocycles. The Hall–Kier alpha value is -1.90. The summed E-state index contributed by atoms with van der Waals surface area (Å²) in [7, 11) is -1.89. The number of Topliss-reactive ketones (excluding diaryl/α,β-unsaturated/α-hetero) is 1. The number of carbonyl (C=O) groups excluding carboxylic acids is 1. The van der Waals surface area contributed by atoms with Crippen LogP contribution in [0.2, 0.25) is 0 Å². The zero-order valence-corrected chi connectivity index (χ0v) is 14.5. The first-order chi connectivity index (χ1) is 11.7. The molecule has 136 valence electrons. The monoisotopic (exact) mass is 370 g/mol. The fraction of sp³-hybridized carbons (Fsp3) is 0.188. The number of carbonyl (C=O) groups is 1. The maximum absolute atomic E-state index is 12.8. The molecule has 0 amide bonds. The number of hydrogen-bond donors (Lipinski definition) is 3. The zero-order valence-electron chi connectivity index (χ0n) is 13.6. The van der Waals surface area contributed by atoms with Crippen LogP contribution in [0.25, 0.3) is 0 Å². The van der Waals surface area contributed by atoms with Crippen molar-refractivity contribution in [1.82, 2.24) is 0 Å². The molecule has 2 aromatic rings. The van der Waals surface area contributed by atoms with Gasteiger partial charge < -0.3 is 19.4 Å². The van der Waals surface area contributed by atoms with Gasteiger partial charge in [-0.1, -0.05) is 60.7 Å². The van der Waals surface area contributed by atoms with Crippen LogP contribution in [0.4, 0.5) is 0 Å². The SMILES string of the molecule is COOC(OC)(C(=O)c1ccccc1)c1ccccc1.O=P(O)(O)O. The van der Waals surface area contributed by atoms with Crippen molar-refractivity contribution in [3.8, 4) is 0 Å². The second-order valence-electron chi connectivity index (χ2n) is 4.65. The van der Waals surface area contributed by atoms with Crippen LogP contribution < -0.4 is 0 Å². The van der Waals surface area contributed by atoms with E-state index in [1.54, 1.807) is 48.5 Å². The Bertz CT molecular complexity index is 692. The standard InChI is InChI=1S/C16H16O4.H3O4P/c1-18-16(20-19-2,14-11-7-4-8-12-14)15(17)13-9-5-3-6-10-13;1-5(2,3)4/h3-12H,1-2H3;(H3,1,2,3,4). The molecule has 0 aliphatic heterocycles. The number of methoxy groups -OCH3 is 1. The van der Waals surface area contributed by atoms with E-state index in [9.17, 15) is 4.79 Å². The third-order valence-electron chi connectivity index (χ3n) is 2.98. The highest BCUT2D eigenvalue weighted by Crippen LogP contribution is 2.31. The van der Waals surface area contributed by atoms with Gasteiger partial charge in [-0.3, -0.25) is 4.79 Å². The Morgan fingerprint density at radius 2 is 1.36 bits per heavy atom. The molecule has 1 unspecified atom stereocenters. The summed E-state index contributed by atoms with van der Waals surface area (Å²) in [4.78, 5) is 44.3. The van der Waals surface area contributed by atoms with Crippen molar-refractivity contribution in [2.45, 2.75) is 5.79 Å². The van der Waals surface area contributed by atoms with Crippen molar-refractivity contribution in [3.05, 3.63) is 71.8 Å². The molecule has 2 aromatic carbocycles. The third-order valence-corrected chi connectivity index (χ3v) is 2.98. The van der Waals surface area contributed by atoms with E-state index in [1.807, 2.05) is 12.1 Å². The minimum absolute atomic E-state index is 0.325. The van der Waals surface area contributed by atoms with Gasteiger partial charge in [0, 0.05) is 18.2 Å². The molecular formula is C16H19O8P. The normalized spacial score (nSPS) is 13.3. The Labute approximate surface area is 144 Å². The number of hydrogen-bond acceptors (Lipinski definition) is 5. The van der Waals surface area contributed by atoms with Crippen molar-refractivity contribution in [3.63, 3.8) is 0 Å². The predicted octanol–water partition coefficient (Wildman–Crippen LogP) is 2.02. The van der Waals surface area contributed by atoms with E-state index in [-0.39, 0.29) is 5.78 Å². The van der Waals surface area contributed by atoms with Crippen molar-refractivity contribution >= 4 is 13.6 Å². The number of ketones is 1. The van der Waals surface area contributed by atoms with Crippen molar-refractivity contribution < 1.29 is 38.6 Å². The Morgan fingerprint density at radius 3 is 1.76 bits per heavy atom.